The number of pyridine rings is 1. The molecule has 0 saturated heterocycles. The highest BCUT2D eigenvalue weighted by atomic mass is 32.2. The number of esters is 1. The van der Waals surface area contributed by atoms with Crippen molar-refractivity contribution in [3.63, 3.8) is 0 Å². The topological polar surface area (TPSA) is 115 Å². The fraction of sp³-hybridized carbons (Fsp3) is 0.185. The Labute approximate surface area is 214 Å². The molecule has 4 rings (SSSR count). The van der Waals surface area contributed by atoms with Crippen LogP contribution >= 0.6 is 0 Å². The summed E-state index contributed by atoms with van der Waals surface area (Å²) in [6.45, 7) is -0.184. The summed E-state index contributed by atoms with van der Waals surface area (Å²) in [7, 11) is 0.268. The molecule has 1 N–H and O–H groups in total. The molecule has 0 aliphatic rings. The Morgan fingerprint density at radius 3 is 2.11 bits per heavy atom. The number of nitrogens with zero attached hydrogens (tertiary/aromatic N) is 1. The van der Waals surface area contributed by atoms with Gasteiger partial charge in [-0.1, -0.05) is 12.1 Å². The van der Waals surface area contributed by atoms with Crippen molar-refractivity contribution < 1.29 is 27.4 Å². The first kappa shape index (κ1) is 25.9. The van der Waals surface area contributed by atoms with Gasteiger partial charge in [-0.3, -0.25) is 4.79 Å². The van der Waals surface area contributed by atoms with E-state index < -0.39 is 21.6 Å². The average molecular weight is 523 g/mol. The van der Waals surface area contributed by atoms with Gasteiger partial charge in [0.25, 0.3) is 5.56 Å². The number of hydrogen-bond donors (Lipinski definition) is 1. The minimum atomic E-state index is -4.07. The van der Waals surface area contributed by atoms with Gasteiger partial charge >= 0.3 is 5.97 Å². The molecule has 37 heavy (non-hydrogen) atoms. The highest BCUT2D eigenvalue weighted by Gasteiger charge is 2.26. The minimum Gasteiger partial charge on any atom is -0.497 e. The van der Waals surface area contributed by atoms with E-state index in [4.69, 9.17) is 14.2 Å². The number of methoxy groups -OCH3 is 3. The normalized spacial score (nSPS) is 11.5. The number of ether oxygens (including phenoxy) is 3. The van der Waals surface area contributed by atoms with E-state index in [-0.39, 0.29) is 29.1 Å². The number of rotatable bonds is 9. The molecule has 10 heteroatoms. The molecular formula is C27H26N2O7S. The van der Waals surface area contributed by atoms with Gasteiger partial charge < -0.3 is 19.2 Å². The highest BCUT2D eigenvalue weighted by molar-refractivity contribution is 7.89. The number of H-pyrrole nitrogens is 1. The van der Waals surface area contributed by atoms with Gasteiger partial charge in [0.15, 0.2) is 0 Å². The molecule has 0 aliphatic carbocycles. The van der Waals surface area contributed by atoms with Crippen LogP contribution in [0.15, 0.2) is 82.5 Å². The molecule has 1 aromatic heterocycles. The first-order chi connectivity index (χ1) is 17.7. The van der Waals surface area contributed by atoms with Crippen LogP contribution in [0.1, 0.15) is 21.5 Å². The average Bonchev–Trinajstić information content (AvgIpc) is 2.92. The van der Waals surface area contributed by atoms with Crippen molar-refractivity contribution in [1.82, 2.24) is 9.29 Å². The van der Waals surface area contributed by atoms with Crippen LogP contribution in [0.4, 0.5) is 0 Å². The summed E-state index contributed by atoms with van der Waals surface area (Å²) in [4.78, 5) is 27.5. The lowest BCUT2D eigenvalue weighted by Crippen LogP contribution is -2.32. The minimum absolute atomic E-state index is 0.000663. The Morgan fingerprint density at radius 1 is 0.838 bits per heavy atom. The number of nitrogens with one attached hydrogen (secondary N) is 1. The van der Waals surface area contributed by atoms with E-state index in [1.807, 2.05) is 0 Å². The highest BCUT2D eigenvalue weighted by Crippen LogP contribution is 2.24. The molecule has 0 bridgehead atoms. The fourth-order valence-corrected chi connectivity index (χ4v) is 5.26. The first-order valence-electron chi connectivity index (χ1n) is 11.3. The van der Waals surface area contributed by atoms with Gasteiger partial charge in [0.05, 0.1) is 31.8 Å². The van der Waals surface area contributed by atoms with Crippen molar-refractivity contribution in [2.45, 2.75) is 18.0 Å². The number of sulfonamides is 1. The standard InChI is InChI=1S/C27H26N2O7S/c1-34-22-8-4-18(5-9-22)16-29(37(32,33)24-11-6-19(7-12-24)27(31)36-3)17-21-14-20-15-23(35-2)10-13-25(20)28-26(21)30/h4-15H,16-17H2,1-3H3,(H,28,30). The third kappa shape index (κ3) is 5.65. The zero-order chi connectivity index (χ0) is 26.6. The van der Waals surface area contributed by atoms with Gasteiger partial charge in [0.1, 0.15) is 11.5 Å². The SMILES string of the molecule is COC(=O)c1ccc(S(=O)(=O)N(Cc2ccc(OC)cc2)Cc2cc3cc(OC)ccc3[nH]c2=O)cc1. The second-order valence-corrected chi connectivity index (χ2v) is 10.2. The molecule has 9 nitrogen and oxygen atoms in total. The predicted octanol–water partition coefficient (Wildman–Crippen LogP) is 3.72. The van der Waals surface area contributed by atoms with Crippen LogP contribution in [0.25, 0.3) is 10.9 Å². The van der Waals surface area contributed by atoms with Gasteiger partial charge in [-0.2, -0.15) is 4.31 Å². The Bertz CT molecular complexity index is 1580. The summed E-state index contributed by atoms with van der Waals surface area (Å²) >= 11 is 0. The van der Waals surface area contributed by atoms with E-state index in [0.717, 1.165) is 0 Å². The van der Waals surface area contributed by atoms with Crippen LogP contribution in [0.2, 0.25) is 0 Å². The predicted molar refractivity (Wildman–Crippen MR) is 138 cm³/mol. The molecule has 0 amide bonds. The molecule has 0 radical (unpaired) electrons. The molecule has 0 spiro atoms. The summed E-state index contributed by atoms with van der Waals surface area (Å²) in [6, 6.07) is 19.4. The monoisotopic (exact) mass is 522 g/mol. The molecule has 3 aromatic carbocycles. The summed E-state index contributed by atoms with van der Waals surface area (Å²) in [5.41, 5.74) is 1.41. The zero-order valence-corrected chi connectivity index (χ0v) is 21.4. The number of carbonyl (C=O) groups excluding carboxylic acids is 1. The number of hydrogen-bond acceptors (Lipinski definition) is 7. The number of benzene rings is 3. The van der Waals surface area contributed by atoms with Crippen molar-refractivity contribution in [1.29, 1.82) is 0 Å². The maximum absolute atomic E-state index is 13.7. The lowest BCUT2D eigenvalue weighted by atomic mass is 10.1. The summed E-state index contributed by atoms with van der Waals surface area (Å²) in [5.74, 6) is 0.674. The Morgan fingerprint density at radius 2 is 1.49 bits per heavy atom. The molecule has 1 heterocycles. The number of carbonyl (C=O) groups is 1. The lowest BCUT2D eigenvalue weighted by Gasteiger charge is -2.23. The quantitative estimate of drug-likeness (QED) is 0.333. The first-order valence-corrected chi connectivity index (χ1v) is 12.7. The Kier molecular flexibility index (Phi) is 7.61. The van der Waals surface area contributed by atoms with Crippen molar-refractivity contribution in [3.8, 4) is 11.5 Å². The van der Waals surface area contributed by atoms with Crippen LogP contribution in [-0.2, 0) is 27.8 Å². The lowest BCUT2D eigenvalue weighted by molar-refractivity contribution is 0.0600. The molecule has 0 atom stereocenters. The summed E-state index contributed by atoms with van der Waals surface area (Å²) < 4.78 is 43.9. The van der Waals surface area contributed by atoms with Gasteiger partial charge in [0, 0.05) is 29.6 Å². The second-order valence-electron chi connectivity index (χ2n) is 8.21. The molecule has 0 saturated carbocycles. The number of aromatic nitrogens is 1. The molecule has 192 valence electrons. The van der Waals surface area contributed by atoms with Crippen LogP contribution in [0.5, 0.6) is 11.5 Å². The van der Waals surface area contributed by atoms with E-state index in [0.29, 0.717) is 28.0 Å². The Hall–Kier alpha value is -4.15. The molecule has 0 fully saturated rings. The molecule has 0 unspecified atom stereocenters. The van der Waals surface area contributed by atoms with Crippen molar-refractivity contribution in [2.24, 2.45) is 0 Å². The van der Waals surface area contributed by atoms with Gasteiger partial charge in [-0.15, -0.1) is 0 Å². The number of aromatic amines is 1. The van der Waals surface area contributed by atoms with Crippen molar-refractivity contribution >= 4 is 26.9 Å². The van der Waals surface area contributed by atoms with E-state index >= 15 is 0 Å². The third-order valence-electron chi connectivity index (χ3n) is 5.91. The van der Waals surface area contributed by atoms with E-state index in [1.165, 1.54) is 35.7 Å². The second kappa shape index (κ2) is 10.9. The van der Waals surface area contributed by atoms with Gasteiger partial charge in [-0.25, -0.2) is 13.2 Å². The van der Waals surface area contributed by atoms with Crippen LogP contribution in [0.3, 0.4) is 0 Å². The van der Waals surface area contributed by atoms with Crippen molar-refractivity contribution in [3.05, 3.63) is 99.8 Å². The van der Waals surface area contributed by atoms with Crippen molar-refractivity contribution in [2.75, 3.05) is 21.3 Å². The van der Waals surface area contributed by atoms with E-state index in [2.05, 4.69) is 4.98 Å². The van der Waals surface area contributed by atoms with Crippen LogP contribution < -0.4 is 15.0 Å². The third-order valence-corrected chi connectivity index (χ3v) is 7.71. The van der Waals surface area contributed by atoms with Gasteiger partial charge in [-0.05, 0) is 66.2 Å². The zero-order valence-electron chi connectivity index (χ0n) is 20.6. The van der Waals surface area contributed by atoms with E-state index in [9.17, 15) is 18.0 Å². The number of fused-ring (bicyclic) bond motifs is 1. The smallest absolute Gasteiger partial charge is 0.337 e. The molecular weight excluding hydrogens is 496 g/mol. The van der Waals surface area contributed by atoms with Crippen LogP contribution in [-0.4, -0.2) is 45.0 Å². The maximum atomic E-state index is 13.7. The van der Waals surface area contributed by atoms with Crippen LogP contribution in [0, 0.1) is 0 Å². The molecule has 0 aliphatic heterocycles. The van der Waals surface area contributed by atoms with Gasteiger partial charge in [0.2, 0.25) is 10.0 Å². The Balaban J connectivity index is 1.75. The molecule has 4 aromatic rings. The summed E-state index contributed by atoms with van der Waals surface area (Å²) in [5, 5.41) is 0.707. The summed E-state index contributed by atoms with van der Waals surface area (Å²) in [6.07, 6.45) is 0. The largest absolute Gasteiger partial charge is 0.497 e. The fourth-order valence-electron chi connectivity index (χ4n) is 3.85. The van der Waals surface area contributed by atoms with E-state index in [1.54, 1.807) is 62.8 Å². The maximum Gasteiger partial charge on any atom is 0.337 e.